The second kappa shape index (κ2) is 7.69. The van der Waals surface area contributed by atoms with Gasteiger partial charge in [0, 0.05) is 36.5 Å². The molecule has 26 heavy (non-hydrogen) atoms. The van der Waals surface area contributed by atoms with Crippen LogP contribution in [-0.4, -0.2) is 38.1 Å². The van der Waals surface area contributed by atoms with Crippen molar-refractivity contribution in [3.05, 3.63) is 51.7 Å². The average Bonchev–Trinajstić information content (AvgIpc) is 3.09. The zero-order chi connectivity index (χ0) is 18.7. The highest BCUT2D eigenvalue weighted by atomic mass is 32.2. The number of nitrogens with one attached hydrogen (secondary N) is 1. The molecule has 1 aromatic carbocycles. The maximum absolute atomic E-state index is 12.3. The molecule has 0 bridgehead atoms. The van der Waals surface area contributed by atoms with Crippen LogP contribution in [0.25, 0.3) is 0 Å². The van der Waals surface area contributed by atoms with Crippen molar-refractivity contribution >= 4 is 33.1 Å². The molecular weight excluding hydrogens is 372 g/mol. The number of carbonyl (C=O) groups excluding carboxylic acids is 2. The summed E-state index contributed by atoms with van der Waals surface area (Å²) in [5.41, 5.74) is 1.64. The van der Waals surface area contributed by atoms with E-state index in [-0.39, 0.29) is 29.6 Å². The van der Waals surface area contributed by atoms with Crippen molar-refractivity contribution in [2.75, 3.05) is 13.1 Å². The van der Waals surface area contributed by atoms with E-state index in [1.165, 1.54) is 41.6 Å². The number of thiophene rings is 1. The molecule has 0 spiro atoms. The number of hydrogen-bond donors (Lipinski definition) is 1. The number of ketones is 1. The molecule has 0 saturated carbocycles. The maximum Gasteiger partial charge on any atom is 0.240 e. The third-order valence-corrected chi connectivity index (χ3v) is 6.86. The van der Waals surface area contributed by atoms with E-state index in [4.69, 9.17) is 0 Å². The predicted molar refractivity (Wildman–Crippen MR) is 99.7 cm³/mol. The summed E-state index contributed by atoms with van der Waals surface area (Å²) in [4.78, 5) is 26.8. The zero-order valence-electron chi connectivity index (χ0n) is 14.4. The molecule has 138 valence electrons. The summed E-state index contributed by atoms with van der Waals surface area (Å²) in [5.74, 6) is -0.181. The lowest BCUT2D eigenvalue weighted by molar-refractivity contribution is -0.131. The van der Waals surface area contributed by atoms with Crippen molar-refractivity contribution < 1.29 is 18.0 Å². The Labute approximate surface area is 156 Å². The molecule has 0 atom stereocenters. The van der Waals surface area contributed by atoms with Crippen LogP contribution in [0.3, 0.4) is 0 Å². The van der Waals surface area contributed by atoms with Crippen LogP contribution in [0.2, 0.25) is 0 Å². The summed E-state index contributed by atoms with van der Waals surface area (Å²) >= 11 is 1.71. The number of fused-ring (bicyclic) bond motifs is 1. The Kier molecular flexibility index (Phi) is 5.55. The van der Waals surface area contributed by atoms with E-state index in [2.05, 4.69) is 4.72 Å². The molecule has 2 heterocycles. The van der Waals surface area contributed by atoms with Crippen molar-refractivity contribution in [3.63, 3.8) is 0 Å². The molecular formula is C18H20N2O4S2. The number of carbonyl (C=O) groups is 2. The molecule has 6 nitrogen and oxygen atoms in total. The first-order valence-corrected chi connectivity index (χ1v) is 10.7. The number of nitrogens with zero attached hydrogens (tertiary/aromatic N) is 1. The van der Waals surface area contributed by atoms with Crippen LogP contribution >= 0.6 is 11.3 Å². The standard InChI is InChI=1S/C18H20N2O4S2/c1-13(21)14-2-4-16(5-3-14)26(23,24)19-9-6-18(22)20-10-7-17-15(12-20)8-11-25-17/h2-5,8,11,19H,6-7,9-10,12H2,1H3. The molecule has 0 aliphatic carbocycles. The van der Waals surface area contributed by atoms with Crippen LogP contribution in [0.5, 0.6) is 0 Å². The largest absolute Gasteiger partial charge is 0.338 e. The van der Waals surface area contributed by atoms with Gasteiger partial charge in [0.15, 0.2) is 5.78 Å². The number of rotatable bonds is 6. The third-order valence-electron chi connectivity index (χ3n) is 4.36. The summed E-state index contributed by atoms with van der Waals surface area (Å²) in [6, 6.07) is 7.78. The second-order valence-electron chi connectivity index (χ2n) is 6.16. The van der Waals surface area contributed by atoms with Crippen LogP contribution in [0.1, 0.15) is 34.1 Å². The Morgan fingerprint density at radius 1 is 1.19 bits per heavy atom. The number of sulfonamides is 1. The predicted octanol–water partition coefficient (Wildman–Crippen LogP) is 2.20. The zero-order valence-corrected chi connectivity index (χ0v) is 16.0. The molecule has 1 aliphatic heterocycles. The fraction of sp³-hybridized carbons (Fsp3) is 0.333. The summed E-state index contributed by atoms with van der Waals surface area (Å²) in [6.07, 6.45) is 0.969. The minimum Gasteiger partial charge on any atom is -0.338 e. The van der Waals surface area contributed by atoms with Gasteiger partial charge in [0.05, 0.1) is 4.90 Å². The maximum atomic E-state index is 12.3. The van der Waals surface area contributed by atoms with E-state index < -0.39 is 10.0 Å². The van der Waals surface area contributed by atoms with Crippen LogP contribution < -0.4 is 4.72 Å². The van der Waals surface area contributed by atoms with Gasteiger partial charge in [0.25, 0.3) is 0 Å². The van der Waals surface area contributed by atoms with Crippen LogP contribution in [0, 0.1) is 0 Å². The van der Waals surface area contributed by atoms with Crippen molar-refractivity contribution in [2.45, 2.75) is 31.2 Å². The lowest BCUT2D eigenvalue weighted by Gasteiger charge is -2.27. The molecule has 1 N–H and O–H groups in total. The minimum absolute atomic E-state index is 0.0443. The molecule has 1 aliphatic rings. The lowest BCUT2D eigenvalue weighted by atomic mass is 10.1. The smallest absolute Gasteiger partial charge is 0.240 e. The van der Waals surface area contributed by atoms with E-state index in [9.17, 15) is 18.0 Å². The van der Waals surface area contributed by atoms with Gasteiger partial charge >= 0.3 is 0 Å². The van der Waals surface area contributed by atoms with Gasteiger partial charge in [-0.2, -0.15) is 0 Å². The Hall–Kier alpha value is -2.03. The lowest BCUT2D eigenvalue weighted by Crippen LogP contribution is -2.37. The SMILES string of the molecule is CC(=O)c1ccc(S(=O)(=O)NCCC(=O)N2CCc3sccc3C2)cc1. The molecule has 0 saturated heterocycles. The summed E-state index contributed by atoms with van der Waals surface area (Å²) in [5, 5.41) is 2.03. The first-order valence-electron chi connectivity index (χ1n) is 8.30. The Morgan fingerprint density at radius 3 is 2.62 bits per heavy atom. The van der Waals surface area contributed by atoms with E-state index in [0.717, 1.165) is 6.42 Å². The van der Waals surface area contributed by atoms with E-state index in [0.29, 0.717) is 18.7 Å². The Balaban J connectivity index is 1.53. The summed E-state index contributed by atoms with van der Waals surface area (Å²) in [7, 11) is -3.70. The normalized spacial score (nSPS) is 14.1. The third kappa shape index (κ3) is 4.20. The fourth-order valence-electron chi connectivity index (χ4n) is 2.86. The highest BCUT2D eigenvalue weighted by Gasteiger charge is 2.22. The van der Waals surface area contributed by atoms with E-state index in [1.807, 2.05) is 11.4 Å². The van der Waals surface area contributed by atoms with Gasteiger partial charge in [-0.05, 0) is 42.5 Å². The minimum atomic E-state index is -3.70. The molecule has 8 heteroatoms. The van der Waals surface area contributed by atoms with E-state index in [1.54, 1.807) is 16.2 Å². The number of amides is 1. The summed E-state index contributed by atoms with van der Waals surface area (Å²) in [6.45, 7) is 2.73. The molecule has 3 rings (SSSR count). The van der Waals surface area contributed by atoms with Crippen molar-refractivity contribution in [3.8, 4) is 0 Å². The molecule has 0 radical (unpaired) electrons. The van der Waals surface area contributed by atoms with Crippen LogP contribution in [0.4, 0.5) is 0 Å². The van der Waals surface area contributed by atoms with Gasteiger partial charge in [-0.15, -0.1) is 11.3 Å². The Morgan fingerprint density at radius 2 is 1.92 bits per heavy atom. The molecule has 0 unspecified atom stereocenters. The second-order valence-corrected chi connectivity index (χ2v) is 8.93. The van der Waals surface area contributed by atoms with Gasteiger partial charge in [-0.3, -0.25) is 9.59 Å². The average molecular weight is 393 g/mol. The van der Waals surface area contributed by atoms with Gasteiger partial charge in [0.1, 0.15) is 0 Å². The van der Waals surface area contributed by atoms with Crippen molar-refractivity contribution in [1.82, 2.24) is 9.62 Å². The van der Waals surface area contributed by atoms with Crippen molar-refractivity contribution in [1.29, 1.82) is 0 Å². The van der Waals surface area contributed by atoms with Gasteiger partial charge in [-0.25, -0.2) is 13.1 Å². The first kappa shape index (κ1) is 18.8. The molecule has 1 amide bonds. The molecule has 2 aromatic rings. The van der Waals surface area contributed by atoms with Crippen LogP contribution in [-0.2, 0) is 27.8 Å². The summed E-state index contributed by atoms with van der Waals surface area (Å²) < 4.78 is 27.0. The number of benzene rings is 1. The topological polar surface area (TPSA) is 83.5 Å². The Bertz CT molecular complexity index is 917. The quantitative estimate of drug-likeness (QED) is 0.764. The van der Waals surface area contributed by atoms with Crippen LogP contribution in [0.15, 0.2) is 40.6 Å². The van der Waals surface area contributed by atoms with Gasteiger partial charge in [0.2, 0.25) is 15.9 Å². The first-order chi connectivity index (χ1) is 12.4. The van der Waals surface area contributed by atoms with Crippen molar-refractivity contribution in [2.24, 2.45) is 0 Å². The highest BCUT2D eigenvalue weighted by molar-refractivity contribution is 7.89. The fourth-order valence-corrected chi connectivity index (χ4v) is 4.79. The van der Waals surface area contributed by atoms with Gasteiger partial charge < -0.3 is 4.90 Å². The molecule has 1 aromatic heterocycles. The monoisotopic (exact) mass is 392 g/mol. The number of Topliss-reactive ketones (excluding diaryl/α,β-unsaturated/α-hetero) is 1. The number of hydrogen-bond acceptors (Lipinski definition) is 5. The van der Waals surface area contributed by atoms with E-state index >= 15 is 0 Å². The van der Waals surface area contributed by atoms with Gasteiger partial charge in [-0.1, -0.05) is 12.1 Å². The highest BCUT2D eigenvalue weighted by Crippen LogP contribution is 2.24. The molecule has 0 fully saturated rings.